The fourth-order valence-electron chi connectivity index (χ4n) is 3.62. The van der Waals surface area contributed by atoms with Crippen molar-refractivity contribution in [3.8, 4) is 0 Å². The number of hydrogen-bond donors (Lipinski definition) is 3. The molecule has 0 fully saturated rings. The molecule has 3 rings (SSSR count). The second-order valence-electron chi connectivity index (χ2n) is 8.39. The van der Waals surface area contributed by atoms with Gasteiger partial charge in [-0.05, 0) is 74.1 Å². The van der Waals surface area contributed by atoms with Crippen molar-refractivity contribution < 1.29 is 9.00 Å². The zero-order chi connectivity index (χ0) is 24.1. The van der Waals surface area contributed by atoms with Crippen LogP contribution in [0.3, 0.4) is 0 Å². The van der Waals surface area contributed by atoms with Gasteiger partial charge in [0.25, 0.3) is 0 Å². The predicted octanol–water partition coefficient (Wildman–Crippen LogP) is 3.97. The Labute approximate surface area is 197 Å². The zero-order valence-corrected chi connectivity index (χ0v) is 20.3. The van der Waals surface area contributed by atoms with Crippen LogP contribution < -0.4 is 11.1 Å². The molecule has 1 unspecified atom stereocenters. The van der Waals surface area contributed by atoms with E-state index in [1.807, 2.05) is 62.3 Å². The van der Waals surface area contributed by atoms with Gasteiger partial charge in [-0.15, -0.1) is 0 Å². The first-order chi connectivity index (χ1) is 15.6. The van der Waals surface area contributed by atoms with E-state index >= 15 is 0 Å². The summed E-state index contributed by atoms with van der Waals surface area (Å²) in [5.41, 5.74) is 11.6. The first kappa shape index (κ1) is 24.4. The lowest BCUT2D eigenvalue weighted by molar-refractivity contribution is -0.115. The molecule has 1 atom stereocenters. The first-order valence-corrected chi connectivity index (χ1v) is 12.1. The summed E-state index contributed by atoms with van der Waals surface area (Å²) in [5.74, 6) is -0.136. The quantitative estimate of drug-likeness (QED) is 0.348. The van der Waals surface area contributed by atoms with Crippen molar-refractivity contribution in [1.82, 2.24) is 4.90 Å². The van der Waals surface area contributed by atoms with Crippen LogP contribution in [0.15, 0.2) is 65.6 Å². The van der Waals surface area contributed by atoms with Gasteiger partial charge >= 0.3 is 0 Å². The molecule has 1 amide bonds. The Morgan fingerprint density at radius 3 is 2.48 bits per heavy atom. The minimum atomic E-state index is -1.18. The monoisotopic (exact) mass is 462 g/mol. The van der Waals surface area contributed by atoms with Crippen LogP contribution in [-0.4, -0.2) is 41.1 Å². The SMILES string of the molecule is Cc1ccccc1CC(=O)Nc1ccc(N)c(C(=N)c2cc(CN(C)C)cc(S(C)=O)c2)c1. The number of nitrogens with zero attached hydrogens (tertiary/aromatic N) is 1. The number of carbonyl (C=O) groups is 1. The fourth-order valence-corrected chi connectivity index (χ4v) is 4.23. The summed E-state index contributed by atoms with van der Waals surface area (Å²) in [4.78, 5) is 15.3. The van der Waals surface area contributed by atoms with E-state index < -0.39 is 10.8 Å². The van der Waals surface area contributed by atoms with Crippen LogP contribution in [0, 0.1) is 12.3 Å². The van der Waals surface area contributed by atoms with Crippen molar-refractivity contribution in [1.29, 1.82) is 5.41 Å². The summed E-state index contributed by atoms with van der Waals surface area (Å²) in [6.07, 6.45) is 1.89. The van der Waals surface area contributed by atoms with Gasteiger partial charge in [-0.2, -0.15) is 0 Å². The maximum atomic E-state index is 12.6. The third-order valence-electron chi connectivity index (χ3n) is 5.30. The van der Waals surface area contributed by atoms with E-state index in [0.717, 1.165) is 16.7 Å². The van der Waals surface area contributed by atoms with E-state index in [0.29, 0.717) is 33.9 Å². The molecule has 0 aromatic heterocycles. The van der Waals surface area contributed by atoms with Crippen molar-refractivity contribution in [3.05, 3.63) is 88.5 Å². The second-order valence-corrected chi connectivity index (χ2v) is 9.77. The minimum absolute atomic E-state index is 0.136. The molecule has 0 aliphatic carbocycles. The molecular weight excluding hydrogens is 432 g/mol. The van der Waals surface area contributed by atoms with Crippen molar-refractivity contribution in [3.63, 3.8) is 0 Å². The molecule has 0 aliphatic heterocycles. The molecule has 6 nitrogen and oxygen atoms in total. The third kappa shape index (κ3) is 6.37. The molecule has 33 heavy (non-hydrogen) atoms. The average Bonchev–Trinajstić information content (AvgIpc) is 2.75. The Kier molecular flexibility index (Phi) is 7.79. The average molecular weight is 463 g/mol. The van der Waals surface area contributed by atoms with Crippen LogP contribution in [0.1, 0.15) is 27.8 Å². The first-order valence-electron chi connectivity index (χ1n) is 10.6. The van der Waals surface area contributed by atoms with Crippen LogP contribution in [0.2, 0.25) is 0 Å². The number of benzene rings is 3. The lowest BCUT2D eigenvalue weighted by atomic mass is 9.98. The second kappa shape index (κ2) is 10.6. The smallest absolute Gasteiger partial charge is 0.228 e. The molecule has 172 valence electrons. The van der Waals surface area contributed by atoms with Gasteiger partial charge in [0.05, 0.1) is 12.1 Å². The summed E-state index contributed by atoms with van der Waals surface area (Å²) in [7, 11) is 2.74. The van der Waals surface area contributed by atoms with Crippen molar-refractivity contribution in [2.24, 2.45) is 0 Å². The molecule has 0 bridgehead atoms. The lowest BCUT2D eigenvalue weighted by Crippen LogP contribution is -2.16. The van der Waals surface area contributed by atoms with E-state index in [1.54, 1.807) is 30.5 Å². The van der Waals surface area contributed by atoms with Crippen molar-refractivity contribution >= 4 is 33.8 Å². The number of rotatable bonds is 8. The van der Waals surface area contributed by atoms with Gasteiger partial charge in [0.2, 0.25) is 5.91 Å². The molecule has 0 aliphatic rings. The van der Waals surface area contributed by atoms with Gasteiger partial charge in [0.15, 0.2) is 0 Å². The number of nitrogen functional groups attached to an aromatic ring is 1. The van der Waals surface area contributed by atoms with Crippen LogP contribution in [0.25, 0.3) is 0 Å². The Bertz CT molecular complexity index is 1220. The molecular formula is C26H30N4O2S. The maximum Gasteiger partial charge on any atom is 0.228 e. The number of nitrogens with one attached hydrogen (secondary N) is 2. The van der Waals surface area contributed by atoms with Crippen molar-refractivity contribution in [2.45, 2.75) is 24.8 Å². The number of carbonyl (C=O) groups excluding carboxylic acids is 1. The lowest BCUT2D eigenvalue weighted by Gasteiger charge is -2.15. The van der Waals surface area contributed by atoms with E-state index in [4.69, 9.17) is 11.1 Å². The topological polar surface area (TPSA) is 99.3 Å². The number of amides is 1. The summed E-state index contributed by atoms with van der Waals surface area (Å²) < 4.78 is 12.2. The van der Waals surface area contributed by atoms with Gasteiger partial charge in [-0.1, -0.05) is 24.3 Å². The molecule has 3 aromatic rings. The molecule has 0 saturated carbocycles. The summed E-state index contributed by atoms with van der Waals surface area (Å²) in [5, 5.41) is 11.7. The molecule has 3 aromatic carbocycles. The molecule has 4 N–H and O–H groups in total. The molecule has 0 heterocycles. The fraction of sp³-hybridized carbons (Fsp3) is 0.231. The molecule has 0 radical (unpaired) electrons. The Morgan fingerprint density at radius 1 is 1.09 bits per heavy atom. The third-order valence-corrected chi connectivity index (χ3v) is 6.20. The Hall–Kier alpha value is -3.29. The Balaban J connectivity index is 1.88. The predicted molar refractivity (Wildman–Crippen MR) is 136 cm³/mol. The number of anilines is 2. The molecule has 7 heteroatoms. The van der Waals surface area contributed by atoms with Crippen LogP contribution in [0.4, 0.5) is 11.4 Å². The Morgan fingerprint density at radius 2 is 1.82 bits per heavy atom. The largest absolute Gasteiger partial charge is 0.398 e. The highest BCUT2D eigenvalue weighted by molar-refractivity contribution is 7.84. The van der Waals surface area contributed by atoms with E-state index in [-0.39, 0.29) is 18.0 Å². The number of hydrogen-bond acceptors (Lipinski definition) is 5. The van der Waals surface area contributed by atoms with E-state index in [1.165, 1.54) is 0 Å². The van der Waals surface area contributed by atoms with Gasteiger partial charge < -0.3 is 16.0 Å². The van der Waals surface area contributed by atoms with Crippen LogP contribution in [-0.2, 0) is 28.6 Å². The maximum absolute atomic E-state index is 12.6. The van der Waals surface area contributed by atoms with Gasteiger partial charge in [0.1, 0.15) is 0 Å². The zero-order valence-electron chi connectivity index (χ0n) is 19.4. The summed E-state index contributed by atoms with van der Waals surface area (Å²) in [6.45, 7) is 2.64. The number of nitrogens with two attached hydrogens (primary N) is 1. The van der Waals surface area contributed by atoms with Gasteiger partial charge in [0, 0.05) is 51.0 Å². The van der Waals surface area contributed by atoms with E-state index in [9.17, 15) is 9.00 Å². The van der Waals surface area contributed by atoms with Crippen LogP contribution >= 0.6 is 0 Å². The summed E-state index contributed by atoms with van der Waals surface area (Å²) >= 11 is 0. The van der Waals surface area contributed by atoms with E-state index in [2.05, 4.69) is 5.32 Å². The molecule has 0 saturated heterocycles. The number of aryl methyl sites for hydroxylation is 1. The van der Waals surface area contributed by atoms with Gasteiger partial charge in [-0.25, -0.2) is 0 Å². The highest BCUT2D eigenvalue weighted by Gasteiger charge is 2.14. The molecule has 0 spiro atoms. The summed E-state index contributed by atoms with van der Waals surface area (Å²) in [6, 6.07) is 18.5. The minimum Gasteiger partial charge on any atom is -0.398 e. The highest BCUT2D eigenvalue weighted by atomic mass is 32.2. The van der Waals surface area contributed by atoms with Crippen LogP contribution in [0.5, 0.6) is 0 Å². The highest BCUT2D eigenvalue weighted by Crippen LogP contribution is 2.24. The normalized spacial score (nSPS) is 11.9. The van der Waals surface area contributed by atoms with Crippen molar-refractivity contribution in [2.75, 3.05) is 31.4 Å². The van der Waals surface area contributed by atoms with Gasteiger partial charge in [-0.3, -0.25) is 14.4 Å². The standard InChI is InChI=1S/C26H30N4O2S/c1-17-7-5-6-8-19(17)14-25(31)29-21-9-10-24(27)23(15-21)26(28)20-11-18(16-30(2)3)12-22(13-20)33(4)32/h5-13,15,28H,14,16,27H2,1-4H3,(H,29,31).